The van der Waals surface area contributed by atoms with E-state index >= 15 is 0 Å². The molecule has 1 fully saturated rings. The first-order valence-corrected chi connectivity index (χ1v) is 5.49. The van der Waals surface area contributed by atoms with Gasteiger partial charge < -0.3 is 10.6 Å². The number of halogens is 1. The van der Waals surface area contributed by atoms with E-state index < -0.39 is 0 Å². The SMILES string of the molecule is Cc1cc(NCC2CCCN2)ccc1F. The topological polar surface area (TPSA) is 24.1 Å². The summed E-state index contributed by atoms with van der Waals surface area (Å²) in [6.07, 6.45) is 2.49. The van der Waals surface area contributed by atoms with E-state index in [4.69, 9.17) is 0 Å². The van der Waals surface area contributed by atoms with Gasteiger partial charge in [0.25, 0.3) is 0 Å². The molecule has 0 aromatic heterocycles. The fourth-order valence-corrected chi connectivity index (χ4v) is 1.93. The molecule has 0 bridgehead atoms. The van der Waals surface area contributed by atoms with Crippen molar-refractivity contribution in [1.82, 2.24) is 5.32 Å². The average Bonchev–Trinajstić information content (AvgIpc) is 2.73. The summed E-state index contributed by atoms with van der Waals surface area (Å²) in [4.78, 5) is 0. The first-order chi connectivity index (χ1) is 7.25. The van der Waals surface area contributed by atoms with Crippen molar-refractivity contribution in [3.05, 3.63) is 29.6 Å². The van der Waals surface area contributed by atoms with Gasteiger partial charge in [0, 0.05) is 18.3 Å². The minimum absolute atomic E-state index is 0.139. The zero-order chi connectivity index (χ0) is 10.7. The van der Waals surface area contributed by atoms with E-state index in [2.05, 4.69) is 10.6 Å². The van der Waals surface area contributed by atoms with E-state index in [0.717, 1.165) is 18.8 Å². The van der Waals surface area contributed by atoms with Crippen molar-refractivity contribution >= 4 is 5.69 Å². The first-order valence-electron chi connectivity index (χ1n) is 5.49. The van der Waals surface area contributed by atoms with E-state index in [1.807, 2.05) is 6.07 Å². The predicted octanol–water partition coefficient (Wildman–Crippen LogP) is 2.30. The van der Waals surface area contributed by atoms with Crippen LogP contribution in [0.5, 0.6) is 0 Å². The molecule has 0 aliphatic carbocycles. The molecular formula is C12H17FN2. The fourth-order valence-electron chi connectivity index (χ4n) is 1.93. The number of anilines is 1. The summed E-state index contributed by atoms with van der Waals surface area (Å²) in [5.41, 5.74) is 1.70. The largest absolute Gasteiger partial charge is 0.383 e. The molecule has 2 nitrogen and oxygen atoms in total. The number of rotatable bonds is 3. The quantitative estimate of drug-likeness (QED) is 0.796. The Balaban J connectivity index is 1.90. The maximum Gasteiger partial charge on any atom is 0.126 e. The van der Waals surface area contributed by atoms with Crippen LogP contribution in [0.2, 0.25) is 0 Å². The van der Waals surface area contributed by atoms with Gasteiger partial charge in [-0.05, 0) is 50.1 Å². The Hall–Kier alpha value is -1.09. The summed E-state index contributed by atoms with van der Waals surface area (Å²) in [5, 5.41) is 6.74. The molecule has 3 heteroatoms. The van der Waals surface area contributed by atoms with Crippen molar-refractivity contribution in [3.8, 4) is 0 Å². The molecule has 1 aromatic rings. The van der Waals surface area contributed by atoms with Gasteiger partial charge >= 0.3 is 0 Å². The van der Waals surface area contributed by atoms with E-state index in [1.54, 1.807) is 13.0 Å². The number of aryl methyl sites for hydroxylation is 1. The van der Waals surface area contributed by atoms with Crippen molar-refractivity contribution < 1.29 is 4.39 Å². The van der Waals surface area contributed by atoms with Crippen molar-refractivity contribution in [3.63, 3.8) is 0 Å². The van der Waals surface area contributed by atoms with E-state index in [0.29, 0.717) is 11.6 Å². The van der Waals surface area contributed by atoms with Gasteiger partial charge in [-0.3, -0.25) is 0 Å². The highest BCUT2D eigenvalue weighted by Gasteiger charge is 2.13. The minimum atomic E-state index is -0.139. The van der Waals surface area contributed by atoms with Crippen molar-refractivity contribution in [2.24, 2.45) is 0 Å². The maximum atomic E-state index is 13.0. The summed E-state index contributed by atoms with van der Waals surface area (Å²) in [7, 11) is 0. The van der Waals surface area contributed by atoms with Gasteiger partial charge in [-0.2, -0.15) is 0 Å². The van der Waals surface area contributed by atoms with Crippen LogP contribution in [0.3, 0.4) is 0 Å². The van der Waals surface area contributed by atoms with Crippen molar-refractivity contribution in [2.75, 3.05) is 18.4 Å². The average molecular weight is 208 g/mol. The van der Waals surface area contributed by atoms with Gasteiger partial charge in [0.15, 0.2) is 0 Å². The molecule has 1 aliphatic heterocycles. The number of hydrogen-bond donors (Lipinski definition) is 2. The lowest BCUT2D eigenvalue weighted by molar-refractivity contribution is 0.617. The third-order valence-corrected chi connectivity index (χ3v) is 2.87. The summed E-state index contributed by atoms with van der Waals surface area (Å²) in [6, 6.07) is 5.72. The summed E-state index contributed by atoms with van der Waals surface area (Å²) in [5.74, 6) is -0.139. The summed E-state index contributed by atoms with van der Waals surface area (Å²) >= 11 is 0. The van der Waals surface area contributed by atoms with Crippen LogP contribution >= 0.6 is 0 Å². The molecule has 0 spiro atoms. The van der Waals surface area contributed by atoms with Crippen LogP contribution in [-0.2, 0) is 0 Å². The second-order valence-electron chi connectivity index (χ2n) is 4.14. The van der Waals surface area contributed by atoms with Gasteiger partial charge in [0.05, 0.1) is 0 Å². The molecule has 0 amide bonds. The van der Waals surface area contributed by atoms with Crippen molar-refractivity contribution in [1.29, 1.82) is 0 Å². The van der Waals surface area contributed by atoms with Gasteiger partial charge in [0.2, 0.25) is 0 Å². The number of nitrogens with one attached hydrogen (secondary N) is 2. The predicted molar refractivity (Wildman–Crippen MR) is 60.7 cm³/mol. The molecule has 1 aliphatic rings. The molecule has 1 atom stereocenters. The standard InChI is InChI=1S/C12H17FN2/c1-9-7-10(4-5-12(9)13)15-8-11-3-2-6-14-11/h4-5,7,11,14-15H,2-3,6,8H2,1H3. The second-order valence-corrected chi connectivity index (χ2v) is 4.14. The lowest BCUT2D eigenvalue weighted by atomic mass is 10.2. The smallest absolute Gasteiger partial charge is 0.126 e. The van der Waals surface area contributed by atoms with Crippen LogP contribution in [-0.4, -0.2) is 19.1 Å². The molecular weight excluding hydrogens is 191 g/mol. The van der Waals surface area contributed by atoms with Crippen LogP contribution in [0.1, 0.15) is 18.4 Å². The van der Waals surface area contributed by atoms with Gasteiger partial charge in [-0.1, -0.05) is 0 Å². The molecule has 15 heavy (non-hydrogen) atoms. The molecule has 2 N–H and O–H groups in total. The third-order valence-electron chi connectivity index (χ3n) is 2.87. The maximum absolute atomic E-state index is 13.0. The van der Waals surface area contributed by atoms with Crippen LogP contribution in [0.15, 0.2) is 18.2 Å². The lowest BCUT2D eigenvalue weighted by Gasteiger charge is -2.13. The zero-order valence-electron chi connectivity index (χ0n) is 9.02. The highest BCUT2D eigenvalue weighted by molar-refractivity contribution is 5.46. The highest BCUT2D eigenvalue weighted by atomic mass is 19.1. The third kappa shape index (κ3) is 2.69. The first kappa shape index (κ1) is 10.4. The normalized spacial score (nSPS) is 20.5. The fraction of sp³-hybridized carbons (Fsp3) is 0.500. The Morgan fingerprint density at radius 1 is 1.53 bits per heavy atom. The van der Waals surface area contributed by atoms with Crippen LogP contribution in [0, 0.1) is 12.7 Å². The molecule has 1 unspecified atom stereocenters. The summed E-state index contributed by atoms with van der Waals surface area (Å²) in [6.45, 7) is 3.83. The second kappa shape index (κ2) is 4.62. The molecule has 2 rings (SSSR count). The molecule has 1 heterocycles. The zero-order valence-corrected chi connectivity index (χ0v) is 9.02. The van der Waals surface area contributed by atoms with Crippen molar-refractivity contribution in [2.45, 2.75) is 25.8 Å². The molecule has 1 aromatic carbocycles. The Morgan fingerprint density at radius 3 is 3.07 bits per heavy atom. The van der Waals surface area contributed by atoms with E-state index in [9.17, 15) is 4.39 Å². The number of hydrogen-bond acceptors (Lipinski definition) is 2. The highest BCUT2D eigenvalue weighted by Crippen LogP contribution is 2.14. The van der Waals surface area contributed by atoms with Crippen LogP contribution < -0.4 is 10.6 Å². The van der Waals surface area contributed by atoms with Gasteiger partial charge in [-0.15, -0.1) is 0 Å². The van der Waals surface area contributed by atoms with E-state index in [1.165, 1.54) is 18.9 Å². The lowest BCUT2D eigenvalue weighted by Crippen LogP contribution is -2.29. The molecule has 1 saturated heterocycles. The molecule has 82 valence electrons. The minimum Gasteiger partial charge on any atom is -0.383 e. The molecule has 0 saturated carbocycles. The Bertz CT molecular complexity index is 332. The summed E-state index contributed by atoms with van der Waals surface area (Å²) < 4.78 is 13.0. The Morgan fingerprint density at radius 2 is 2.40 bits per heavy atom. The molecule has 0 radical (unpaired) electrons. The van der Waals surface area contributed by atoms with E-state index in [-0.39, 0.29) is 5.82 Å². The van der Waals surface area contributed by atoms with Crippen LogP contribution in [0.4, 0.5) is 10.1 Å². The monoisotopic (exact) mass is 208 g/mol. The van der Waals surface area contributed by atoms with Gasteiger partial charge in [-0.25, -0.2) is 4.39 Å². The van der Waals surface area contributed by atoms with Gasteiger partial charge in [0.1, 0.15) is 5.82 Å². The Labute approximate surface area is 89.9 Å². The van der Waals surface area contributed by atoms with Crippen LogP contribution in [0.25, 0.3) is 0 Å². The number of benzene rings is 1. The Kier molecular flexibility index (Phi) is 3.21.